The molecule has 3 rings (SSSR count). The second-order valence-corrected chi connectivity index (χ2v) is 8.19. The van der Waals surface area contributed by atoms with Crippen LogP contribution in [0.1, 0.15) is 44.5 Å². The molecule has 0 bridgehead atoms. The summed E-state index contributed by atoms with van der Waals surface area (Å²) in [6.07, 6.45) is 4.35. The number of halogens is 1. The lowest BCUT2D eigenvalue weighted by atomic mass is 9.92. The first-order valence-electron chi connectivity index (χ1n) is 9.79. The van der Waals surface area contributed by atoms with Gasteiger partial charge in [-0.15, -0.1) is 19.4 Å². The molecule has 0 radical (unpaired) electrons. The van der Waals surface area contributed by atoms with E-state index in [2.05, 4.69) is 50.7 Å². The highest BCUT2D eigenvalue weighted by Crippen LogP contribution is 2.38. The van der Waals surface area contributed by atoms with Crippen LogP contribution in [0.3, 0.4) is 0 Å². The molecule has 1 amide bonds. The Kier molecular flexibility index (Phi) is 6.75. The summed E-state index contributed by atoms with van der Waals surface area (Å²) < 4.78 is 14.9. The van der Waals surface area contributed by atoms with Gasteiger partial charge in [0, 0.05) is 29.4 Å². The summed E-state index contributed by atoms with van der Waals surface area (Å²) in [7, 11) is 2.95. The molecule has 0 saturated heterocycles. The maximum atomic E-state index is 13.1. The Hall–Kier alpha value is -2.59. The van der Waals surface area contributed by atoms with Crippen LogP contribution in [0.15, 0.2) is 54.9 Å². The molecule has 1 heterocycles. The van der Waals surface area contributed by atoms with Gasteiger partial charge in [0.05, 0.1) is 0 Å². The van der Waals surface area contributed by atoms with Crippen molar-refractivity contribution in [3.8, 4) is 5.69 Å². The Morgan fingerprint density at radius 2 is 1.76 bits per heavy atom. The van der Waals surface area contributed by atoms with Crippen molar-refractivity contribution in [3.05, 3.63) is 72.1 Å². The summed E-state index contributed by atoms with van der Waals surface area (Å²) in [6.45, 7) is 4.35. The van der Waals surface area contributed by atoms with Crippen LogP contribution in [0.5, 0.6) is 0 Å². The highest BCUT2D eigenvalue weighted by atomic mass is 31.0. The van der Waals surface area contributed by atoms with Crippen molar-refractivity contribution in [1.29, 1.82) is 0 Å². The molecular formula is C22H26FN4OP. The van der Waals surface area contributed by atoms with Crippen molar-refractivity contribution >= 4 is 20.8 Å². The zero-order chi connectivity index (χ0) is 20.9. The number of aromatic nitrogens is 3. The van der Waals surface area contributed by atoms with E-state index >= 15 is 0 Å². The standard InChI is InChI=1S/C22H26FN4OP/c1-3-22(29,4-2)16-5-9-18(10-6-16)25-21(28)14-13-20-26-24-15-27(20)19-11-7-17(23)8-12-19/h5-12,15H,3-4,13-14,29H2,1-2H3,(H,25,28). The predicted octanol–water partition coefficient (Wildman–Crippen LogP) is 4.87. The second kappa shape index (κ2) is 9.27. The van der Waals surface area contributed by atoms with Crippen LogP contribution < -0.4 is 5.32 Å². The fourth-order valence-corrected chi connectivity index (χ4v) is 3.43. The van der Waals surface area contributed by atoms with Crippen LogP contribution in [0.25, 0.3) is 5.69 Å². The minimum atomic E-state index is -0.300. The Labute approximate surface area is 172 Å². The van der Waals surface area contributed by atoms with E-state index in [4.69, 9.17) is 0 Å². The fourth-order valence-electron chi connectivity index (χ4n) is 3.24. The molecule has 0 aliphatic rings. The van der Waals surface area contributed by atoms with Gasteiger partial charge in [0.1, 0.15) is 18.0 Å². The van der Waals surface area contributed by atoms with Crippen molar-refractivity contribution in [1.82, 2.24) is 14.8 Å². The van der Waals surface area contributed by atoms with Gasteiger partial charge >= 0.3 is 0 Å². The molecule has 1 unspecified atom stereocenters. The highest BCUT2D eigenvalue weighted by Gasteiger charge is 2.22. The Morgan fingerprint density at radius 3 is 2.38 bits per heavy atom. The molecule has 1 aromatic heterocycles. The third-order valence-corrected chi connectivity index (χ3v) is 6.45. The fraction of sp³-hybridized carbons (Fsp3) is 0.318. The number of amides is 1. The van der Waals surface area contributed by atoms with Gasteiger partial charge in [-0.2, -0.15) is 0 Å². The van der Waals surface area contributed by atoms with Gasteiger partial charge in [-0.05, 0) is 54.8 Å². The normalized spacial score (nSPS) is 11.4. The van der Waals surface area contributed by atoms with E-state index in [9.17, 15) is 9.18 Å². The smallest absolute Gasteiger partial charge is 0.224 e. The Bertz CT molecular complexity index is 950. The van der Waals surface area contributed by atoms with Crippen molar-refractivity contribution < 1.29 is 9.18 Å². The lowest BCUT2D eigenvalue weighted by Gasteiger charge is -2.27. The zero-order valence-electron chi connectivity index (χ0n) is 16.7. The van der Waals surface area contributed by atoms with Crippen molar-refractivity contribution in [3.63, 3.8) is 0 Å². The molecule has 1 atom stereocenters. The Morgan fingerprint density at radius 1 is 1.10 bits per heavy atom. The first-order chi connectivity index (χ1) is 13.9. The van der Waals surface area contributed by atoms with Crippen LogP contribution in [0.4, 0.5) is 10.1 Å². The van der Waals surface area contributed by atoms with E-state index in [1.54, 1.807) is 23.0 Å². The number of hydrogen-bond donors (Lipinski definition) is 1. The number of nitrogens with zero attached hydrogens (tertiary/aromatic N) is 3. The van der Waals surface area contributed by atoms with Gasteiger partial charge in [-0.25, -0.2) is 4.39 Å². The molecule has 7 heteroatoms. The minimum absolute atomic E-state index is 0.0764. The van der Waals surface area contributed by atoms with Crippen molar-refractivity contribution in [2.24, 2.45) is 0 Å². The molecule has 3 aromatic rings. The summed E-state index contributed by atoms with van der Waals surface area (Å²) >= 11 is 0. The van der Waals surface area contributed by atoms with Gasteiger partial charge in [-0.3, -0.25) is 9.36 Å². The number of anilines is 1. The van der Waals surface area contributed by atoms with Gasteiger partial charge in [-0.1, -0.05) is 26.0 Å². The predicted molar refractivity (Wildman–Crippen MR) is 117 cm³/mol. The monoisotopic (exact) mass is 412 g/mol. The van der Waals surface area contributed by atoms with E-state index in [1.165, 1.54) is 17.7 Å². The average Bonchev–Trinajstić information content (AvgIpc) is 3.21. The molecule has 1 N–H and O–H groups in total. The minimum Gasteiger partial charge on any atom is -0.326 e. The molecule has 5 nitrogen and oxygen atoms in total. The molecule has 0 aliphatic heterocycles. The van der Waals surface area contributed by atoms with E-state index in [-0.39, 0.29) is 23.3 Å². The molecule has 0 fully saturated rings. The summed E-state index contributed by atoms with van der Waals surface area (Å²) in [6, 6.07) is 14.1. The van der Waals surface area contributed by atoms with Gasteiger partial charge in [0.15, 0.2) is 0 Å². The molecule has 2 aromatic carbocycles. The van der Waals surface area contributed by atoms with Crippen LogP contribution in [0, 0.1) is 5.82 Å². The zero-order valence-corrected chi connectivity index (χ0v) is 17.9. The number of aryl methyl sites for hydroxylation is 1. The van der Waals surface area contributed by atoms with Crippen molar-refractivity contribution in [2.75, 3.05) is 5.32 Å². The molecule has 0 saturated carbocycles. The van der Waals surface area contributed by atoms with E-state index in [0.717, 1.165) is 24.2 Å². The van der Waals surface area contributed by atoms with E-state index < -0.39 is 0 Å². The quantitative estimate of drug-likeness (QED) is 0.537. The van der Waals surface area contributed by atoms with Crippen LogP contribution >= 0.6 is 9.24 Å². The second-order valence-electron chi connectivity index (χ2n) is 7.08. The summed E-state index contributed by atoms with van der Waals surface area (Å²) in [5, 5.41) is 11.0. The Balaban J connectivity index is 1.60. The van der Waals surface area contributed by atoms with Crippen LogP contribution in [-0.2, 0) is 16.4 Å². The molecule has 29 heavy (non-hydrogen) atoms. The largest absolute Gasteiger partial charge is 0.326 e. The maximum absolute atomic E-state index is 13.1. The van der Waals surface area contributed by atoms with E-state index in [1.807, 2.05) is 12.1 Å². The first kappa shape index (κ1) is 21.1. The summed E-state index contributed by atoms with van der Waals surface area (Å²) in [5.41, 5.74) is 2.78. The maximum Gasteiger partial charge on any atom is 0.224 e. The lowest BCUT2D eigenvalue weighted by molar-refractivity contribution is -0.116. The number of nitrogens with one attached hydrogen (secondary N) is 1. The molecule has 0 spiro atoms. The number of hydrogen-bond acceptors (Lipinski definition) is 3. The molecule has 0 aliphatic carbocycles. The van der Waals surface area contributed by atoms with Gasteiger partial charge < -0.3 is 5.32 Å². The van der Waals surface area contributed by atoms with Gasteiger partial charge in [0.25, 0.3) is 0 Å². The summed E-state index contributed by atoms with van der Waals surface area (Å²) in [5.74, 6) is 0.265. The van der Waals surface area contributed by atoms with Crippen LogP contribution in [-0.4, -0.2) is 20.7 Å². The topological polar surface area (TPSA) is 59.8 Å². The summed E-state index contributed by atoms with van der Waals surface area (Å²) in [4.78, 5) is 12.4. The highest BCUT2D eigenvalue weighted by molar-refractivity contribution is 7.18. The number of rotatable bonds is 8. The average molecular weight is 412 g/mol. The number of benzene rings is 2. The van der Waals surface area contributed by atoms with E-state index in [0.29, 0.717) is 12.2 Å². The first-order valence-corrected chi connectivity index (χ1v) is 10.4. The number of carbonyl (C=O) groups is 1. The SMILES string of the molecule is CCC(P)(CC)c1ccc(NC(=O)CCc2nncn2-c2ccc(F)cc2)cc1. The molecular weight excluding hydrogens is 386 g/mol. The van der Waals surface area contributed by atoms with Gasteiger partial charge in [0.2, 0.25) is 5.91 Å². The van der Waals surface area contributed by atoms with Crippen molar-refractivity contribution in [2.45, 2.75) is 44.7 Å². The van der Waals surface area contributed by atoms with Crippen LogP contribution in [0.2, 0.25) is 0 Å². The lowest BCUT2D eigenvalue weighted by Crippen LogP contribution is -2.16. The third-order valence-electron chi connectivity index (χ3n) is 5.30. The number of carbonyl (C=O) groups excluding carboxylic acids is 1. The molecule has 152 valence electrons. The third kappa shape index (κ3) is 5.07.